The first-order valence-corrected chi connectivity index (χ1v) is 8.13. The zero-order valence-electron chi connectivity index (χ0n) is 12.0. The SMILES string of the molecule is Nc1ccc2nc(N3CCC4(CCC(=O)NC4=O)C3)sc2c1. The molecule has 2 amide bonds. The maximum atomic E-state index is 12.2. The lowest BCUT2D eigenvalue weighted by Gasteiger charge is -2.31. The third-order valence-electron chi connectivity index (χ3n) is 4.59. The summed E-state index contributed by atoms with van der Waals surface area (Å²) in [6.07, 6.45) is 1.83. The van der Waals surface area contributed by atoms with E-state index < -0.39 is 5.41 Å². The Morgan fingerprint density at radius 1 is 1.32 bits per heavy atom. The highest BCUT2D eigenvalue weighted by Crippen LogP contribution is 2.41. The van der Waals surface area contributed by atoms with E-state index in [1.54, 1.807) is 11.3 Å². The van der Waals surface area contributed by atoms with Crippen molar-refractivity contribution in [3.8, 4) is 0 Å². The molecule has 2 aromatic rings. The summed E-state index contributed by atoms with van der Waals surface area (Å²) < 4.78 is 1.05. The Balaban J connectivity index is 1.61. The second kappa shape index (κ2) is 4.67. The predicted molar refractivity (Wildman–Crippen MR) is 85.7 cm³/mol. The van der Waals surface area contributed by atoms with Gasteiger partial charge >= 0.3 is 0 Å². The van der Waals surface area contributed by atoms with Crippen LogP contribution in [0.25, 0.3) is 10.2 Å². The number of imide groups is 1. The fourth-order valence-electron chi connectivity index (χ4n) is 3.28. The Morgan fingerprint density at radius 2 is 2.18 bits per heavy atom. The number of benzene rings is 1. The maximum Gasteiger partial charge on any atom is 0.234 e. The Kier molecular flexibility index (Phi) is 2.87. The van der Waals surface area contributed by atoms with Crippen molar-refractivity contribution in [2.75, 3.05) is 23.7 Å². The van der Waals surface area contributed by atoms with Gasteiger partial charge in [0.25, 0.3) is 0 Å². The van der Waals surface area contributed by atoms with Gasteiger partial charge in [0.2, 0.25) is 11.8 Å². The number of amides is 2. The van der Waals surface area contributed by atoms with E-state index in [2.05, 4.69) is 15.2 Å². The third-order valence-corrected chi connectivity index (χ3v) is 5.67. The highest BCUT2D eigenvalue weighted by Gasteiger charge is 2.48. The van der Waals surface area contributed by atoms with Gasteiger partial charge in [0.05, 0.1) is 15.6 Å². The lowest BCUT2D eigenvalue weighted by atomic mass is 9.79. The van der Waals surface area contributed by atoms with Crippen molar-refractivity contribution >= 4 is 44.2 Å². The molecule has 2 saturated heterocycles. The highest BCUT2D eigenvalue weighted by atomic mass is 32.1. The minimum Gasteiger partial charge on any atom is -0.399 e. The van der Waals surface area contributed by atoms with Crippen LogP contribution in [0.3, 0.4) is 0 Å². The van der Waals surface area contributed by atoms with Crippen LogP contribution >= 0.6 is 11.3 Å². The number of nitrogens with one attached hydrogen (secondary N) is 1. The molecule has 6 nitrogen and oxygen atoms in total. The van der Waals surface area contributed by atoms with Crippen LogP contribution in [0.1, 0.15) is 19.3 Å². The molecule has 22 heavy (non-hydrogen) atoms. The molecular formula is C15H16N4O2S. The number of fused-ring (bicyclic) bond motifs is 1. The summed E-state index contributed by atoms with van der Waals surface area (Å²) in [4.78, 5) is 30.4. The Morgan fingerprint density at radius 3 is 3.00 bits per heavy atom. The van der Waals surface area contributed by atoms with Gasteiger partial charge in [0.15, 0.2) is 5.13 Å². The summed E-state index contributed by atoms with van der Waals surface area (Å²) in [5, 5.41) is 3.40. The predicted octanol–water partition coefficient (Wildman–Crippen LogP) is 1.51. The summed E-state index contributed by atoms with van der Waals surface area (Å²) in [7, 11) is 0. The van der Waals surface area contributed by atoms with E-state index in [-0.39, 0.29) is 11.8 Å². The smallest absolute Gasteiger partial charge is 0.234 e. The molecule has 0 bridgehead atoms. The Labute approximate surface area is 131 Å². The fraction of sp³-hybridized carbons (Fsp3) is 0.400. The van der Waals surface area contributed by atoms with E-state index >= 15 is 0 Å². The van der Waals surface area contributed by atoms with Crippen molar-refractivity contribution in [3.63, 3.8) is 0 Å². The van der Waals surface area contributed by atoms with Crippen molar-refractivity contribution < 1.29 is 9.59 Å². The van der Waals surface area contributed by atoms with Crippen LogP contribution in [0.15, 0.2) is 18.2 Å². The van der Waals surface area contributed by atoms with Gasteiger partial charge in [-0.3, -0.25) is 14.9 Å². The molecule has 0 saturated carbocycles. The monoisotopic (exact) mass is 316 g/mol. The van der Waals surface area contributed by atoms with Crippen molar-refractivity contribution in [2.45, 2.75) is 19.3 Å². The number of thiazole rings is 1. The van der Waals surface area contributed by atoms with Gasteiger partial charge < -0.3 is 10.6 Å². The molecular weight excluding hydrogens is 300 g/mol. The van der Waals surface area contributed by atoms with Crippen LogP contribution in [0.2, 0.25) is 0 Å². The van der Waals surface area contributed by atoms with Crippen LogP contribution < -0.4 is 16.0 Å². The number of nitrogens with two attached hydrogens (primary N) is 1. The van der Waals surface area contributed by atoms with Crippen molar-refractivity contribution in [3.05, 3.63) is 18.2 Å². The number of hydrogen-bond donors (Lipinski definition) is 2. The lowest BCUT2D eigenvalue weighted by Crippen LogP contribution is -2.50. The molecule has 7 heteroatoms. The summed E-state index contributed by atoms with van der Waals surface area (Å²) in [5.41, 5.74) is 7.03. The zero-order chi connectivity index (χ0) is 15.3. The van der Waals surface area contributed by atoms with E-state index in [4.69, 9.17) is 5.73 Å². The normalized spacial score (nSPS) is 25.2. The second-order valence-electron chi connectivity index (χ2n) is 6.05. The summed E-state index contributed by atoms with van der Waals surface area (Å²) in [5.74, 6) is -0.291. The molecule has 0 aliphatic carbocycles. The number of carbonyl (C=O) groups is 2. The number of nitrogens with zero attached hydrogens (tertiary/aromatic N) is 2. The van der Waals surface area contributed by atoms with Crippen molar-refractivity contribution in [1.82, 2.24) is 10.3 Å². The van der Waals surface area contributed by atoms with E-state index in [1.165, 1.54) is 0 Å². The molecule has 1 aromatic carbocycles. The lowest BCUT2D eigenvalue weighted by molar-refractivity contribution is -0.140. The molecule has 1 spiro atoms. The topological polar surface area (TPSA) is 88.3 Å². The van der Waals surface area contributed by atoms with Gasteiger partial charge in [-0.25, -0.2) is 4.98 Å². The maximum absolute atomic E-state index is 12.2. The average molecular weight is 316 g/mol. The van der Waals surface area contributed by atoms with E-state index in [0.29, 0.717) is 19.4 Å². The largest absolute Gasteiger partial charge is 0.399 e. The Hall–Kier alpha value is -2.15. The number of hydrogen-bond acceptors (Lipinski definition) is 6. The molecule has 4 rings (SSSR count). The molecule has 3 N–H and O–H groups in total. The summed E-state index contributed by atoms with van der Waals surface area (Å²) in [6.45, 7) is 1.42. The molecule has 3 heterocycles. The molecule has 2 aliphatic heterocycles. The number of nitrogen functional groups attached to an aromatic ring is 1. The van der Waals surface area contributed by atoms with E-state index in [9.17, 15) is 9.59 Å². The van der Waals surface area contributed by atoms with Gasteiger partial charge in [0, 0.05) is 25.2 Å². The first-order chi connectivity index (χ1) is 10.6. The average Bonchev–Trinajstić information content (AvgIpc) is 3.08. The van der Waals surface area contributed by atoms with Crippen LogP contribution in [0, 0.1) is 5.41 Å². The minimum absolute atomic E-state index is 0.128. The van der Waals surface area contributed by atoms with Crippen LogP contribution in [0.5, 0.6) is 0 Å². The van der Waals surface area contributed by atoms with Crippen LogP contribution in [-0.2, 0) is 9.59 Å². The van der Waals surface area contributed by atoms with Gasteiger partial charge in [-0.15, -0.1) is 0 Å². The number of rotatable bonds is 1. The van der Waals surface area contributed by atoms with Gasteiger partial charge in [-0.05, 0) is 31.0 Å². The van der Waals surface area contributed by atoms with Gasteiger partial charge in [0.1, 0.15) is 0 Å². The van der Waals surface area contributed by atoms with E-state index in [0.717, 1.165) is 34.0 Å². The number of carbonyl (C=O) groups excluding carboxylic acids is 2. The first kappa shape index (κ1) is 13.5. The molecule has 0 radical (unpaired) electrons. The van der Waals surface area contributed by atoms with Crippen LogP contribution in [0.4, 0.5) is 10.8 Å². The molecule has 114 valence electrons. The number of anilines is 2. The molecule has 1 aromatic heterocycles. The second-order valence-corrected chi connectivity index (χ2v) is 7.06. The van der Waals surface area contributed by atoms with Crippen molar-refractivity contribution in [1.29, 1.82) is 0 Å². The van der Waals surface area contributed by atoms with E-state index in [1.807, 2.05) is 18.2 Å². The van der Waals surface area contributed by atoms with Gasteiger partial charge in [-0.2, -0.15) is 0 Å². The van der Waals surface area contributed by atoms with Crippen molar-refractivity contribution in [2.24, 2.45) is 5.41 Å². The molecule has 1 atom stereocenters. The van der Waals surface area contributed by atoms with Crippen LogP contribution in [-0.4, -0.2) is 29.9 Å². The quantitative estimate of drug-likeness (QED) is 0.615. The molecule has 2 aliphatic rings. The van der Waals surface area contributed by atoms with Gasteiger partial charge in [-0.1, -0.05) is 11.3 Å². The number of aromatic nitrogens is 1. The minimum atomic E-state index is -0.440. The molecule has 1 unspecified atom stereocenters. The highest BCUT2D eigenvalue weighted by molar-refractivity contribution is 7.22. The Bertz CT molecular complexity index is 787. The molecule has 2 fully saturated rings. The fourth-order valence-corrected chi connectivity index (χ4v) is 4.32. The number of piperidine rings is 1. The summed E-state index contributed by atoms with van der Waals surface area (Å²) >= 11 is 1.59. The standard InChI is InChI=1S/C15H16N4O2S/c16-9-1-2-10-11(7-9)22-14(17-10)19-6-5-15(8-19)4-3-12(20)18-13(15)21/h1-2,7H,3-6,8,16H2,(H,18,20,21). The summed E-state index contributed by atoms with van der Waals surface area (Å²) in [6, 6.07) is 5.69. The first-order valence-electron chi connectivity index (χ1n) is 7.31. The third kappa shape index (κ3) is 2.04. The zero-order valence-corrected chi connectivity index (χ0v) is 12.8.